The molecule has 1 aromatic rings. The molecule has 5 nitrogen and oxygen atoms in total. The number of unbranched alkanes of at least 4 members (excludes halogenated alkanes) is 1. The first-order valence-corrected chi connectivity index (χ1v) is 9.94. The van der Waals surface area contributed by atoms with Gasteiger partial charge in [-0.25, -0.2) is 0 Å². The molecule has 1 unspecified atom stereocenters. The molecule has 0 aromatic carbocycles. The molecule has 2 heterocycles. The third kappa shape index (κ3) is 6.84. The predicted molar refractivity (Wildman–Crippen MR) is 120 cm³/mol. The largest absolute Gasteiger partial charge is 0.356 e. The Balaban J connectivity index is 0.00000312. The molecule has 2 rings (SSSR count). The quantitative estimate of drug-likeness (QED) is 0.296. The fraction of sp³-hybridized carbons (Fsp3) is 0.667. The Morgan fingerprint density at radius 1 is 1.40 bits per heavy atom. The van der Waals surface area contributed by atoms with Gasteiger partial charge in [-0.3, -0.25) is 9.79 Å². The molecule has 1 fully saturated rings. The number of aromatic nitrogens is 1. The van der Waals surface area contributed by atoms with Crippen LogP contribution in [0.25, 0.3) is 0 Å². The van der Waals surface area contributed by atoms with Gasteiger partial charge in [0.1, 0.15) is 0 Å². The van der Waals surface area contributed by atoms with Gasteiger partial charge >= 0.3 is 0 Å². The van der Waals surface area contributed by atoms with E-state index in [2.05, 4.69) is 33.9 Å². The average Bonchev–Trinajstić information content (AvgIpc) is 2.60. The van der Waals surface area contributed by atoms with Crippen molar-refractivity contribution in [2.75, 3.05) is 32.4 Å². The van der Waals surface area contributed by atoms with Crippen molar-refractivity contribution in [1.82, 2.24) is 14.8 Å². The van der Waals surface area contributed by atoms with Crippen LogP contribution in [0.4, 0.5) is 0 Å². The third-order valence-corrected chi connectivity index (χ3v) is 5.84. The first-order valence-electron chi connectivity index (χ1n) is 8.89. The Morgan fingerprint density at radius 3 is 2.88 bits per heavy atom. The summed E-state index contributed by atoms with van der Waals surface area (Å²) in [7, 11) is 1.86. The molecule has 1 N–H and O–H groups in total. The number of nitrogens with one attached hydrogen (secondary N) is 1. The SMILES string of the molecule is CCC1CN(C(=NC)NCCCCn2c(C)cccc2=O)CCS1.I. The van der Waals surface area contributed by atoms with E-state index in [1.54, 1.807) is 6.07 Å². The molecule has 7 heteroatoms. The Kier molecular flexibility index (Phi) is 10.6. The number of rotatable bonds is 6. The number of nitrogens with zero attached hydrogens (tertiary/aromatic N) is 3. The molecule has 1 aliphatic rings. The summed E-state index contributed by atoms with van der Waals surface area (Å²) in [6.07, 6.45) is 3.23. The summed E-state index contributed by atoms with van der Waals surface area (Å²) in [5.74, 6) is 2.19. The zero-order valence-electron chi connectivity index (χ0n) is 15.5. The number of guanidine groups is 1. The number of halogens is 1. The van der Waals surface area contributed by atoms with Gasteiger partial charge < -0.3 is 14.8 Å². The van der Waals surface area contributed by atoms with E-state index in [-0.39, 0.29) is 29.5 Å². The number of pyridine rings is 1. The summed E-state index contributed by atoms with van der Waals surface area (Å²) in [5, 5.41) is 4.19. The van der Waals surface area contributed by atoms with Crippen LogP contribution in [-0.2, 0) is 6.54 Å². The first-order chi connectivity index (χ1) is 11.7. The van der Waals surface area contributed by atoms with E-state index >= 15 is 0 Å². The maximum atomic E-state index is 11.8. The normalized spacial score (nSPS) is 18.0. The molecule has 1 aliphatic heterocycles. The van der Waals surface area contributed by atoms with Crippen LogP contribution in [0.3, 0.4) is 0 Å². The van der Waals surface area contributed by atoms with E-state index in [4.69, 9.17) is 0 Å². The maximum Gasteiger partial charge on any atom is 0.250 e. The number of hydrogen-bond donors (Lipinski definition) is 1. The Labute approximate surface area is 172 Å². The van der Waals surface area contributed by atoms with E-state index < -0.39 is 0 Å². The molecule has 142 valence electrons. The summed E-state index contributed by atoms with van der Waals surface area (Å²) in [6, 6.07) is 5.44. The van der Waals surface area contributed by atoms with Gasteiger partial charge in [-0.1, -0.05) is 13.0 Å². The molecular formula is C18H31IN4OS. The van der Waals surface area contributed by atoms with Crippen LogP contribution in [0, 0.1) is 6.92 Å². The maximum absolute atomic E-state index is 11.8. The molecular weight excluding hydrogens is 447 g/mol. The topological polar surface area (TPSA) is 49.6 Å². The van der Waals surface area contributed by atoms with Gasteiger partial charge in [0.25, 0.3) is 5.56 Å². The van der Waals surface area contributed by atoms with Crippen molar-refractivity contribution in [3.05, 3.63) is 34.2 Å². The minimum atomic E-state index is 0. The van der Waals surface area contributed by atoms with Gasteiger partial charge in [-0.05, 0) is 32.3 Å². The molecule has 0 radical (unpaired) electrons. The van der Waals surface area contributed by atoms with Gasteiger partial charge in [0.2, 0.25) is 0 Å². The molecule has 1 atom stereocenters. The molecule has 1 saturated heterocycles. The standard InChI is InChI=1S/C18H30N4OS.HI/c1-4-16-14-21(12-13-24-16)18(19-3)20-10-5-6-11-22-15(2)8-7-9-17(22)23;/h7-9,16H,4-6,10-14H2,1-3H3,(H,19,20);1H. The highest BCUT2D eigenvalue weighted by Gasteiger charge is 2.21. The summed E-state index contributed by atoms with van der Waals surface area (Å²) in [6.45, 7) is 8.07. The second-order valence-electron chi connectivity index (χ2n) is 6.19. The Morgan fingerprint density at radius 2 is 2.20 bits per heavy atom. The lowest BCUT2D eigenvalue weighted by Crippen LogP contribution is -2.48. The van der Waals surface area contributed by atoms with E-state index in [9.17, 15) is 4.79 Å². The minimum Gasteiger partial charge on any atom is -0.356 e. The molecule has 25 heavy (non-hydrogen) atoms. The van der Waals surface area contributed by atoms with Crippen molar-refractivity contribution >= 4 is 41.7 Å². The summed E-state index contributed by atoms with van der Waals surface area (Å²) in [4.78, 5) is 18.6. The lowest BCUT2D eigenvalue weighted by Gasteiger charge is -2.34. The van der Waals surface area contributed by atoms with Crippen molar-refractivity contribution in [3.8, 4) is 0 Å². The zero-order valence-corrected chi connectivity index (χ0v) is 18.7. The highest BCUT2D eigenvalue weighted by atomic mass is 127. The van der Waals surface area contributed by atoms with E-state index in [1.165, 1.54) is 12.2 Å². The average molecular weight is 478 g/mol. The molecule has 1 aromatic heterocycles. The van der Waals surface area contributed by atoms with Gasteiger partial charge in [0, 0.05) is 56.0 Å². The lowest BCUT2D eigenvalue weighted by atomic mass is 10.2. The Bertz CT molecular complexity index is 605. The molecule has 0 amide bonds. The van der Waals surface area contributed by atoms with E-state index in [0.717, 1.165) is 50.7 Å². The number of aliphatic imine (C=N–C) groups is 1. The monoisotopic (exact) mass is 478 g/mol. The smallest absolute Gasteiger partial charge is 0.250 e. The molecule has 0 spiro atoms. The van der Waals surface area contributed by atoms with Crippen LogP contribution >= 0.6 is 35.7 Å². The number of thioether (sulfide) groups is 1. The summed E-state index contributed by atoms with van der Waals surface area (Å²) >= 11 is 2.07. The highest BCUT2D eigenvalue weighted by molar-refractivity contribution is 14.0. The van der Waals surface area contributed by atoms with E-state index in [0.29, 0.717) is 5.25 Å². The van der Waals surface area contributed by atoms with Crippen LogP contribution in [0.2, 0.25) is 0 Å². The van der Waals surface area contributed by atoms with Crippen LogP contribution < -0.4 is 10.9 Å². The molecule has 0 bridgehead atoms. The van der Waals surface area contributed by atoms with Crippen molar-refractivity contribution in [1.29, 1.82) is 0 Å². The van der Waals surface area contributed by atoms with Crippen LogP contribution in [-0.4, -0.2) is 53.1 Å². The highest BCUT2D eigenvalue weighted by Crippen LogP contribution is 2.20. The van der Waals surface area contributed by atoms with Crippen molar-refractivity contribution in [2.45, 2.75) is 44.9 Å². The predicted octanol–water partition coefficient (Wildman–Crippen LogP) is 2.96. The zero-order chi connectivity index (χ0) is 17.4. The summed E-state index contributed by atoms with van der Waals surface area (Å²) in [5.41, 5.74) is 1.12. The van der Waals surface area contributed by atoms with Gasteiger partial charge in [0.05, 0.1) is 0 Å². The lowest BCUT2D eigenvalue weighted by molar-refractivity contribution is 0.407. The fourth-order valence-corrected chi connectivity index (χ4v) is 4.18. The van der Waals surface area contributed by atoms with Gasteiger partial charge in [-0.2, -0.15) is 11.8 Å². The molecule has 0 aliphatic carbocycles. The Hall–Kier alpha value is -0.700. The summed E-state index contributed by atoms with van der Waals surface area (Å²) < 4.78 is 1.85. The van der Waals surface area contributed by atoms with E-state index in [1.807, 2.05) is 30.7 Å². The minimum absolute atomic E-state index is 0. The van der Waals surface area contributed by atoms with Crippen molar-refractivity contribution in [2.24, 2.45) is 4.99 Å². The van der Waals surface area contributed by atoms with Gasteiger partial charge in [-0.15, -0.1) is 24.0 Å². The first kappa shape index (κ1) is 22.3. The van der Waals surface area contributed by atoms with Crippen molar-refractivity contribution < 1.29 is 0 Å². The number of aryl methyl sites for hydroxylation is 1. The van der Waals surface area contributed by atoms with Crippen LogP contribution in [0.5, 0.6) is 0 Å². The number of hydrogen-bond acceptors (Lipinski definition) is 3. The van der Waals surface area contributed by atoms with Crippen LogP contribution in [0.1, 0.15) is 31.9 Å². The van der Waals surface area contributed by atoms with Crippen LogP contribution in [0.15, 0.2) is 28.0 Å². The second kappa shape index (κ2) is 11.8. The second-order valence-corrected chi connectivity index (χ2v) is 7.59. The third-order valence-electron chi connectivity index (χ3n) is 4.47. The van der Waals surface area contributed by atoms with Crippen molar-refractivity contribution in [3.63, 3.8) is 0 Å². The van der Waals surface area contributed by atoms with Gasteiger partial charge in [0.15, 0.2) is 5.96 Å². The fourth-order valence-electron chi connectivity index (χ4n) is 3.00. The molecule has 0 saturated carbocycles.